The lowest BCUT2D eigenvalue weighted by atomic mass is 9.95. The van der Waals surface area contributed by atoms with E-state index in [9.17, 15) is 9.59 Å². The van der Waals surface area contributed by atoms with Crippen LogP contribution in [0, 0.1) is 6.92 Å². The summed E-state index contributed by atoms with van der Waals surface area (Å²) in [6.07, 6.45) is 1.77. The molecule has 0 bridgehead atoms. The third-order valence-corrected chi connectivity index (χ3v) is 7.30. The van der Waals surface area contributed by atoms with Gasteiger partial charge in [-0.3, -0.25) is 9.36 Å². The summed E-state index contributed by atoms with van der Waals surface area (Å²) in [5, 5.41) is 0. The lowest BCUT2D eigenvalue weighted by Gasteiger charge is -2.24. The van der Waals surface area contributed by atoms with Gasteiger partial charge in [0.25, 0.3) is 5.56 Å². The molecule has 0 saturated carbocycles. The Kier molecular flexibility index (Phi) is 7.28. The number of ether oxygens (including phenoxy) is 3. The summed E-state index contributed by atoms with van der Waals surface area (Å²) in [5.74, 6) is 0.707. The van der Waals surface area contributed by atoms with Crippen LogP contribution in [0.4, 0.5) is 0 Å². The minimum atomic E-state index is -0.641. The lowest BCUT2D eigenvalue weighted by molar-refractivity contribution is -0.139. The fourth-order valence-electron chi connectivity index (χ4n) is 3.99. The van der Waals surface area contributed by atoms with Gasteiger partial charge in [0, 0.05) is 11.6 Å². The number of carbonyl (C=O) groups is 1. The Labute approximate surface area is 215 Å². The second-order valence-electron chi connectivity index (χ2n) is 7.94. The number of benzene rings is 2. The van der Waals surface area contributed by atoms with Crippen molar-refractivity contribution in [2.45, 2.75) is 26.8 Å². The molecule has 1 aliphatic heterocycles. The number of allylic oxidation sites excluding steroid dienone is 1. The van der Waals surface area contributed by atoms with Crippen molar-refractivity contribution < 1.29 is 19.0 Å². The SMILES string of the molecule is CCOC(=O)C1=C(C)N=c2s/c(=C\c3cc(Br)c(OC)cc3OC)c(=O)n2C1c1ccc(C)cc1. The first-order chi connectivity index (χ1) is 16.8. The maximum atomic E-state index is 13.7. The van der Waals surface area contributed by atoms with E-state index in [1.807, 2.05) is 37.3 Å². The number of hydrogen-bond donors (Lipinski definition) is 0. The van der Waals surface area contributed by atoms with Crippen molar-refractivity contribution in [3.05, 3.63) is 88.5 Å². The van der Waals surface area contributed by atoms with Crippen molar-refractivity contribution >= 4 is 39.3 Å². The highest BCUT2D eigenvalue weighted by atomic mass is 79.9. The highest BCUT2D eigenvalue weighted by Crippen LogP contribution is 2.34. The van der Waals surface area contributed by atoms with Gasteiger partial charge in [0.2, 0.25) is 0 Å². The van der Waals surface area contributed by atoms with Gasteiger partial charge in [0.05, 0.1) is 47.1 Å². The largest absolute Gasteiger partial charge is 0.496 e. The smallest absolute Gasteiger partial charge is 0.338 e. The maximum Gasteiger partial charge on any atom is 0.338 e. The summed E-state index contributed by atoms with van der Waals surface area (Å²) in [4.78, 5) is 31.8. The molecule has 2 aromatic carbocycles. The Morgan fingerprint density at radius 3 is 2.46 bits per heavy atom. The van der Waals surface area contributed by atoms with E-state index in [4.69, 9.17) is 14.2 Å². The molecule has 7 nitrogen and oxygen atoms in total. The highest BCUT2D eigenvalue weighted by molar-refractivity contribution is 9.10. The van der Waals surface area contributed by atoms with Gasteiger partial charge in [0.1, 0.15) is 11.5 Å². The molecule has 3 aromatic rings. The number of halogens is 1. The number of methoxy groups -OCH3 is 2. The van der Waals surface area contributed by atoms with E-state index < -0.39 is 12.0 Å². The molecule has 2 heterocycles. The van der Waals surface area contributed by atoms with Crippen molar-refractivity contribution in [3.8, 4) is 11.5 Å². The number of fused-ring (bicyclic) bond motifs is 1. The van der Waals surface area contributed by atoms with Gasteiger partial charge < -0.3 is 14.2 Å². The molecule has 0 saturated heterocycles. The van der Waals surface area contributed by atoms with Crippen LogP contribution >= 0.6 is 27.3 Å². The summed E-state index contributed by atoms with van der Waals surface area (Å²) in [6, 6.07) is 10.7. The van der Waals surface area contributed by atoms with Gasteiger partial charge in [-0.15, -0.1) is 0 Å². The normalized spacial score (nSPS) is 15.5. The molecule has 1 aliphatic rings. The molecule has 1 aromatic heterocycles. The second-order valence-corrected chi connectivity index (χ2v) is 9.81. The zero-order valence-corrected chi connectivity index (χ0v) is 22.5. The standard InChI is InChI=1S/C26H25BrN2O5S/c1-6-34-25(31)22-15(3)28-26-29(23(22)16-9-7-14(2)8-10-16)24(30)21(35-26)12-17-11-18(27)20(33-5)13-19(17)32-4/h7-13,23H,6H2,1-5H3/b21-12-. The molecular weight excluding hydrogens is 532 g/mol. The maximum absolute atomic E-state index is 13.7. The molecule has 0 radical (unpaired) electrons. The van der Waals surface area contributed by atoms with Crippen LogP contribution in [0.5, 0.6) is 11.5 Å². The predicted octanol–water partition coefficient (Wildman–Crippen LogP) is 3.89. The fourth-order valence-corrected chi connectivity index (χ4v) is 5.55. The van der Waals surface area contributed by atoms with E-state index in [1.54, 1.807) is 44.8 Å². The predicted molar refractivity (Wildman–Crippen MR) is 139 cm³/mol. The number of nitrogens with zero attached hydrogens (tertiary/aromatic N) is 2. The Morgan fingerprint density at radius 1 is 1.14 bits per heavy atom. The molecular formula is C26H25BrN2O5S. The van der Waals surface area contributed by atoms with Crippen LogP contribution in [-0.2, 0) is 9.53 Å². The number of thiazole rings is 1. The zero-order chi connectivity index (χ0) is 25.3. The molecule has 0 spiro atoms. The van der Waals surface area contributed by atoms with Gasteiger partial charge in [-0.25, -0.2) is 9.79 Å². The van der Waals surface area contributed by atoms with Crippen LogP contribution in [0.3, 0.4) is 0 Å². The average Bonchev–Trinajstić information content (AvgIpc) is 3.13. The summed E-state index contributed by atoms with van der Waals surface area (Å²) in [7, 11) is 3.14. The van der Waals surface area contributed by atoms with E-state index in [2.05, 4.69) is 20.9 Å². The summed E-state index contributed by atoms with van der Waals surface area (Å²) >= 11 is 4.76. The topological polar surface area (TPSA) is 79.1 Å². The Balaban J connectivity index is 1.96. The monoisotopic (exact) mass is 556 g/mol. The average molecular weight is 557 g/mol. The number of aromatic nitrogens is 1. The highest BCUT2D eigenvalue weighted by Gasteiger charge is 2.33. The quantitative estimate of drug-likeness (QED) is 0.430. The van der Waals surface area contributed by atoms with Gasteiger partial charge in [-0.2, -0.15) is 0 Å². The zero-order valence-electron chi connectivity index (χ0n) is 20.0. The number of carbonyl (C=O) groups excluding carboxylic acids is 1. The molecule has 182 valence electrons. The summed E-state index contributed by atoms with van der Waals surface area (Å²) in [5.41, 5.74) is 3.24. The summed E-state index contributed by atoms with van der Waals surface area (Å²) in [6.45, 7) is 5.74. The van der Waals surface area contributed by atoms with E-state index in [1.165, 1.54) is 11.3 Å². The molecule has 1 atom stereocenters. The van der Waals surface area contributed by atoms with E-state index in [-0.39, 0.29) is 12.2 Å². The number of hydrogen-bond acceptors (Lipinski definition) is 7. The van der Waals surface area contributed by atoms with Crippen molar-refractivity contribution in [1.82, 2.24) is 4.57 Å². The van der Waals surface area contributed by atoms with Crippen LogP contribution in [0.1, 0.15) is 36.6 Å². The Hall–Kier alpha value is -3.17. The molecule has 1 unspecified atom stereocenters. The first-order valence-electron chi connectivity index (χ1n) is 11.0. The van der Waals surface area contributed by atoms with Gasteiger partial charge >= 0.3 is 5.97 Å². The van der Waals surface area contributed by atoms with Crippen LogP contribution in [-0.4, -0.2) is 31.4 Å². The van der Waals surface area contributed by atoms with Crippen molar-refractivity contribution in [1.29, 1.82) is 0 Å². The van der Waals surface area contributed by atoms with E-state index >= 15 is 0 Å². The van der Waals surface area contributed by atoms with E-state index in [0.29, 0.717) is 37.7 Å². The molecule has 0 aliphatic carbocycles. The fraction of sp³-hybridized carbons (Fsp3) is 0.269. The summed E-state index contributed by atoms with van der Waals surface area (Å²) < 4.78 is 19.0. The van der Waals surface area contributed by atoms with E-state index in [0.717, 1.165) is 15.6 Å². The molecule has 4 rings (SSSR count). The van der Waals surface area contributed by atoms with Gasteiger partial charge in [0.15, 0.2) is 4.80 Å². The number of rotatable bonds is 6. The Morgan fingerprint density at radius 2 is 1.83 bits per heavy atom. The second kappa shape index (κ2) is 10.2. The minimum absolute atomic E-state index is 0.229. The van der Waals surface area contributed by atoms with Crippen molar-refractivity contribution in [2.75, 3.05) is 20.8 Å². The third-order valence-electron chi connectivity index (χ3n) is 5.70. The van der Waals surface area contributed by atoms with Gasteiger partial charge in [-0.05, 0) is 54.4 Å². The van der Waals surface area contributed by atoms with Crippen LogP contribution in [0.2, 0.25) is 0 Å². The van der Waals surface area contributed by atoms with Crippen LogP contribution < -0.4 is 24.4 Å². The molecule has 9 heteroatoms. The minimum Gasteiger partial charge on any atom is -0.496 e. The molecule has 35 heavy (non-hydrogen) atoms. The lowest BCUT2D eigenvalue weighted by Crippen LogP contribution is -2.39. The van der Waals surface area contributed by atoms with Crippen LogP contribution in [0.25, 0.3) is 6.08 Å². The first kappa shape index (κ1) is 24.9. The molecule has 0 fully saturated rings. The molecule has 0 N–H and O–H groups in total. The molecule has 0 amide bonds. The number of aryl methyl sites for hydroxylation is 1. The van der Waals surface area contributed by atoms with Crippen molar-refractivity contribution in [2.24, 2.45) is 4.99 Å². The van der Waals surface area contributed by atoms with Crippen molar-refractivity contribution in [3.63, 3.8) is 0 Å². The third kappa shape index (κ3) is 4.70. The first-order valence-corrected chi connectivity index (χ1v) is 12.6. The van der Waals surface area contributed by atoms with Crippen LogP contribution in [0.15, 0.2) is 61.9 Å². The number of esters is 1. The van der Waals surface area contributed by atoms with Gasteiger partial charge in [-0.1, -0.05) is 41.2 Å². The Bertz CT molecular complexity index is 1500.